The molecular formula is C17H19FN2O3S. The van der Waals surface area contributed by atoms with Crippen LogP contribution in [-0.4, -0.2) is 14.3 Å². The number of halogens is 1. The van der Waals surface area contributed by atoms with Gasteiger partial charge in [-0.1, -0.05) is 26.0 Å². The Hall–Kier alpha value is -2.41. The summed E-state index contributed by atoms with van der Waals surface area (Å²) in [4.78, 5) is 11.3. The average Bonchev–Trinajstić information content (AvgIpc) is 2.49. The third-order valence-corrected chi connectivity index (χ3v) is 4.78. The van der Waals surface area contributed by atoms with Crippen LogP contribution >= 0.6 is 0 Å². The van der Waals surface area contributed by atoms with E-state index in [0.29, 0.717) is 0 Å². The number of sulfonamides is 1. The quantitative estimate of drug-likeness (QED) is 0.863. The van der Waals surface area contributed by atoms with E-state index in [1.807, 2.05) is 13.8 Å². The van der Waals surface area contributed by atoms with Crippen molar-refractivity contribution in [2.45, 2.75) is 31.6 Å². The van der Waals surface area contributed by atoms with Crippen LogP contribution in [0.4, 0.5) is 15.8 Å². The van der Waals surface area contributed by atoms with Gasteiger partial charge in [0.15, 0.2) is 0 Å². The zero-order chi connectivity index (χ0) is 17.9. The van der Waals surface area contributed by atoms with Gasteiger partial charge in [0.05, 0.1) is 16.3 Å². The number of hydrogen-bond donors (Lipinski definition) is 2. The minimum absolute atomic E-state index is 0.0295. The zero-order valence-electron chi connectivity index (χ0n) is 13.6. The van der Waals surface area contributed by atoms with Gasteiger partial charge in [0.1, 0.15) is 5.82 Å². The normalized spacial score (nSPS) is 11.4. The number of carbonyl (C=O) groups is 1. The molecule has 128 valence electrons. The van der Waals surface area contributed by atoms with Crippen LogP contribution in [0.25, 0.3) is 0 Å². The minimum Gasteiger partial charge on any atom is -0.325 e. The van der Waals surface area contributed by atoms with Gasteiger partial charge >= 0.3 is 0 Å². The molecule has 2 aromatic carbocycles. The zero-order valence-corrected chi connectivity index (χ0v) is 14.4. The van der Waals surface area contributed by atoms with E-state index >= 15 is 0 Å². The first-order valence-electron chi connectivity index (χ1n) is 7.39. The van der Waals surface area contributed by atoms with Gasteiger partial charge in [-0.2, -0.15) is 0 Å². The van der Waals surface area contributed by atoms with Crippen LogP contribution in [0, 0.1) is 5.82 Å². The Morgan fingerprint density at radius 1 is 1.04 bits per heavy atom. The van der Waals surface area contributed by atoms with Crippen molar-refractivity contribution < 1.29 is 17.6 Å². The molecule has 2 rings (SSSR count). The van der Waals surface area contributed by atoms with Crippen LogP contribution in [0.3, 0.4) is 0 Å². The lowest BCUT2D eigenvalue weighted by Crippen LogP contribution is -2.16. The van der Waals surface area contributed by atoms with E-state index in [4.69, 9.17) is 0 Å². The Bertz CT molecular complexity index is 847. The molecule has 0 heterocycles. The largest absolute Gasteiger partial charge is 0.325 e. The molecule has 2 aromatic rings. The van der Waals surface area contributed by atoms with Crippen LogP contribution in [0.2, 0.25) is 0 Å². The lowest BCUT2D eigenvalue weighted by atomic mass is 10.0. The number of benzene rings is 2. The molecule has 1 amide bonds. The molecule has 5 nitrogen and oxygen atoms in total. The number of hydrogen-bond acceptors (Lipinski definition) is 3. The molecule has 7 heteroatoms. The number of carbonyl (C=O) groups excluding carboxylic acids is 1. The van der Waals surface area contributed by atoms with Gasteiger partial charge in [-0.25, -0.2) is 12.8 Å². The standard InChI is InChI=1S/C17H19FN2O3S/c1-11(2)13-4-7-15(8-5-13)24(22,23)20-17-10-14(18)6-9-16(17)19-12(3)21/h4-11,20H,1-3H3,(H,19,21). The summed E-state index contributed by atoms with van der Waals surface area (Å²) in [6.45, 7) is 5.30. The van der Waals surface area contributed by atoms with Gasteiger partial charge in [0.25, 0.3) is 10.0 Å². The summed E-state index contributed by atoms with van der Waals surface area (Å²) < 4.78 is 40.7. The van der Waals surface area contributed by atoms with Crippen LogP contribution in [0.5, 0.6) is 0 Å². The molecule has 24 heavy (non-hydrogen) atoms. The highest BCUT2D eigenvalue weighted by Crippen LogP contribution is 2.26. The summed E-state index contributed by atoms with van der Waals surface area (Å²) in [5.74, 6) is -0.718. The first-order chi connectivity index (χ1) is 11.2. The lowest BCUT2D eigenvalue weighted by Gasteiger charge is -2.14. The fraction of sp³-hybridized carbons (Fsp3) is 0.235. The summed E-state index contributed by atoms with van der Waals surface area (Å²) >= 11 is 0. The highest BCUT2D eigenvalue weighted by Gasteiger charge is 2.17. The first-order valence-corrected chi connectivity index (χ1v) is 8.87. The maximum atomic E-state index is 13.5. The van der Waals surface area contributed by atoms with Crippen molar-refractivity contribution in [1.29, 1.82) is 0 Å². The van der Waals surface area contributed by atoms with Gasteiger partial charge in [-0.3, -0.25) is 9.52 Å². The van der Waals surface area contributed by atoms with Gasteiger partial charge < -0.3 is 5.32 Å². The summed E-state index contributed by atoms with van der Waals surface area (Å²) in [5.41, 5.74) is 1.17. The van der Waals surface area contributed by atoms with Gasteiger partial charge in [0, 0.05) is 13.0 Å². The summed E-state index contributed by atoms with van der Waals surface area (Å²) in [6, 6.07) is 9.92. The predicted molar refractivity (Wildman–Crippen MR) is 92.0 cm³/mol. The second-order valence-corrected chi connectivity index (χ2v) is 7.38. The molecule has 0 saturated heterocycles. The van der Waals surface area contributed by atoms with Crippen molar-refractivity contribution in [3.05, 3.63) is 53.8 Å². The fourth-order valence-electron chi connectivity index (χ4n) is 2.14. The first kappa shape index (κ1) is 17.9. The van der Waals surface area contributed by atoms with Gasteiger partial charge in [0.2, 0.25) is 5.91 Å². The van der Waals surface area contributed by atoms with E-state index in [0.717, 1.165) is 17.7 Å². The van der Waals surface area contributed by atoms with Crippen LogP contribution in [-0.2, 0) is 14.8 Å². The van der Waals surface area contributed by atoms with E-state index in [9.17, 15) is 17.6 Å². The van der Waals surface area contributed by atoms with E-state index in [1.54, 1.807) is 12.1 Å². The molecule has 0 unspecified atom stereocenters. The molecule has 0 spiro atoms. The monoisotopic (exact) mass is 350 g/mol. The molecule has 0 aromatic heterocycles. The van der Waals surface area contributed by atoms with E-state index in [1.165, 1.54) is 25.1 Å². The Kier molecular flexibility index (Phi) is 5.23. The molecule has 2 N–H and O–H groups in total. The Balaban J connectivity index is 2.35. The third-order valence-electron chi connectivity index (χ3n) is 3.39. The lowest BCUT2D eigenvalue weighted by molar-refractivity contribution is -0.114. The Morgan fingerprint density at radius 3 is 2.21 bits per heavy atom. The highest BCUT2D eigenvalue weighted by molar-refractivity contribution is 7.92. The molecule has 0 aliphatic rings. The van der Waals surface area contributed by atoms with Crippen molar-refractivity contribution >= 4 is 27.3 Å². The second-order valence-electron chi connectivity index (χ2n) is 5.70. The van der Waals surface area contributed by atoms with Crippen molar-refractivity contribution in [3.8, 4) is 0 Å². The number of nitrogens with one attached hydrogen (secondary N) is 2. The summed E-state index contributed by atoms with van der Waals surface area (Å²) in [5, 5.41) is 2.47. The Labute approximate surface area is 141 Å². The number of rotatable bonds is 5. The van der Waals surface area contributed by atoms with Crippen LogP contribution in [0.15, 0.2) is 47.4 Å². The fourth-order valence-corrected chi connectivity index (χ4v) is 3.21. The SMILES string of the molecule is CC(=O)Nc1ccc(F)cc1NS(=O)(=O)c1ccc(C(C)C)cc1. The predicted octanol–water partition coefficient (Wildman–Crippen LogP) is 3.71. The maximum Gasteiger partial charge on any atom is 0.261 e. The van der Waals surface area contributed by atoms with Crippen molar-refractivity contribution in [1.82, 2.24) is 0 Å². The molecule has 0 radical (unpaired) electrons. The smallest absolute Gasteiger partial charge is 0.261 e. The molecule has 0 aliphatic heterocycles. The van der Waals surface area contributed by atoms with E-state index in [-0.39, 0.29) is 28.1 Å². The van der Waals surface area contributed by atoms with Crippen molar-refractivity contribution in [2.75, 3.05) is 10.0 Å². The highest BCUT2D eigenvalue weighted by atomic mass is 32.2. The van der Waals surface area contributed by atoms with E-state index < -0.39 is 15.8 Å². The van der Waals surface area contributed by atoms with Crippen molar-refractivity contribution in [3.63, 3.8) is 0 Å². The number of amides is 1. The molecular weight excluding hydrogens is 331 g/mol. The Morgan fingerprint density at radius 2 is 1.67 bits per heavy atom. The summed E-state index contributed by atoms with van der Waals surface area (Å²) in [6.07, 6.45) is 0. The van der Waals surface area contributed by atoms with E-state index in [2.05, 4.69) is 10.0 Å². The van der Waals surface area contributed by atoms with Crippen LogP contribution in [0.1, 0.15) is 32.3 Å². The van der Waals surface area contributed by atoms with Crippen LogP contribution < -0.4 is 10.0 Å². The van der Waals surface area contributed by atoms with Gasteiger partial charge in [-0.15, -0.1) is 0 Å². The molecule has 0 aliphatic carbocycles. The van der Waals surface area contributed by atoms with Gasteiger partial charge in [-0.05, 0) is 35.7 Å². The summed E-state index contributed by atoms with van der Waals surface area (Å²) in [7, 11) is -3.90. The molecule has 0 bridgehead atoms. The van der Waals surface area contributed by atoms with Crippen molar-refractivity contribution in [2.24, 2.45) is 0 Å². The maximum absolute atomic E-state index is 13.5. The molecule has 0 atom stereocenters. The number of anilines is 2. The minimum atomic E-state index is -3.90. The third kappa shape index (κ3) is 4.32. The molecule has 0 saturated carbocycles. The topological polar surface area (TPSA) is 75.3 Å². The second kappa shape index (κ2) is 7.00. The average molecular weight is 350 g/mol. The molecule has 0 fully saturated rings.